The molecule has 0 aromatic heterocycles. The molecular weight excluding hydrogens is 352 g/mol. The van der Waals surface area contributed by atoms with E-state index in [1.165, 1.54) is 64.2 Å². The van der Waals surface area contributed by atoms with Crippen molar-refractivity contribution >= 4 is 11.9 Å². The van der Waals surface area contributed by atoms with Crippen molar-refractivity contribution < 1.29 is 19.1 Å². The highest BCUT2D eigenvalue weighted by molar-refractivity contribution is 5.81. The molecule has 4 nitrogen and oxygen atoms in total. The molecule has 2 aliphatic carbocycles. The lowest BCUT2D eigenvalue weighted by atomic mass is 9.68. The topological polar surface area (TPSA) is 52.6 Å². The average Bonchev–Trinajstić information content (AvgIpc) is 2.74. The highest BCUT2D eigenvalue weighted by Crippen LogP contribution is 2.42. The summed E-state index contributed by atoms with van der Waals surface area (Å²) in [5.41, 5.74) is 0. The first kappa shape index (κ1) is 23.0. The van der Waals surface area contributed by atoms with Crippen LogP contribution in [-0.4, -0.2) is 25.2 Å². The fourth-order valence-corrected chi connectivity index (χ4v) is 5.04. The number of ether oxygens (including phenoxy) is 2. The molecule has 4 heteroatoms. The Bertz CT molecular complexity index is 471. The smallest absolute Gasteiger partial charge is 0.330 e. The third kappa shape index (κ3) is 7.97. The fraction of sp³-hybridized carbons (Fsp3) is 0.833. The summed E-state index contributed by atoms with van der Waals surface area (Å²) < 4.78 is 10.3. The summed E-state index contributed by atoms with van der Waals surface area (Å²) in [4.78, 5) is 23.2. The molecule has 2 aliphatic rings. The lowest BCUT2D eigenvalue weighted by Crippen LogP contribution is -2.29. The van der Waals surface area contributed by atoms with Gasteiger partial charge in [-0.1, -0.05) is 52.0 Å². The van der Waals surface area contributed by atoms with E-state index in [0.717, 1.165) is 36.7 Å². The summed E-state index contributed by atoms with van der Waals surface area (Å²) in [6.45, 7) is 6.22. The largest absolute Gasteiger partial charge is 0.465 e. The highest BCUT2D eigenvalue weighted by Gasteiger charge is 2.33. The second-order valence-electron chi connectivity index (χ2n) is 8.78. The second-order valence-corrected chi connectivity index (χ2v) is 8.78. The van der Waals surface area contributed by atoms with Crippen molar-refractivity contribution in [1.82, 2.24) is 0 Å². The molecule has 2 rings (SSSR count). The molecule has 0 unspecified atom stereocenters. The van der Waals surface area contributed by atoms with Crippen LogP contribution in [-0.2, 0) is 19.1 Å². The first-order valence-corrected chi connectivity index (χ1v) is 11.6. The molecule has 0 spiro atoms. The number of carbonyl (C=O) groups is 2. The van der Waals surface area contributed by atoms with E-state index in [2.05, 4.69) is 13.5 Å². The molecule has 0 bridgehead atoms. The van der Waals surface area contributed by atoms with Crippen molar-refractivity contribution in [2.75, 3.05) is 13.2 Å². The standard InChI is InChI=1S/C24H40O4/c1-3-5-6-8-19-9-11-20(12-10-19)21-13-15-22(16-14-21)24(26)28-18-7-17-27-23(25)4-2/h4,19-22H,2-3,5-18H2,1H3. The van der Waals surface area contributed by atoms with Crippen molar-refractivity contribution in [2.24, 2.45) is 23.7 Å². The number of unbranched alkanes of at least 4 members (excludes halogenated alkanes) is 2. The van der Waals surface area contributed by atoms with E-state index in [9.17, 15) is 9.59 Å². The van der Waals surface area contributed by atoms with Gasteiger partial charge in [-0.2, -0.15) is 0 Å². The van der Waals surface area contributed by atoms with Crippen molar-refractivity contribution in [3.05, 3.63) is 12.7 Å². The van der Waals surface area contributed by atoms with E-state index in [4.69, 9.17) is 9.47 Å². The van der Waals surface area contributed by atoms with Crippen LogP contribution in [0.25, 0.3) is 0 Å². The minimum atomic E-state index is -0.431. The van der Waals surface area contributed by atoms with Crippen LogP contribution in [0.1, 0.15) is 90.4 Å². The van der Waals surface area contributed by atoms with Crippen LogP contribution in [0.4, 0.5) is 0 Å². The van der Waals surface area contributed by atoms with E-state index < -0.39 is 5.97 Å². The summed E-state index contributed by atoms with van der Waals surface area (Å²) in [7, 11) is 0. The maximum Gasteiger partial charge on any atom is 0.330 e. The maximum absolute atomic E-state index is 12.3. The molecule has 0 heterocycles. The predicted octanol–water partition coefficient (Wildman–Crippen LogP) is 5.84. The maximum atomic E-state index is 12.3. The molecule has 0 radical (unpaired) electrons. The normalized spacial score (nSPS) is 27.8. The Morgan fingerprint density at radius 1 is 0.857 bits per heavy atom. The van der Waals surface area contributed by atoms with Gasteiger partial charge >= 0.3 is 11.9 Å². The lowest BCUT2D eigenvalue weighted by molar-refractivity contribution is -0.150. The Hall–Kier alpha value is -1.32. The van der Waals surface area contributed by atoms with Crippen molar-refractivity contribution in [2.45, 2.75) is 90.4 Å². The van der Waals surface area contributed by atoms with Gasteiger partial charge in [0.15, 0.2) is 0 Å². The van der Waals surface area contributed by atoms with Gasteiger partial charge < -0.3 is 9.47 Å². The summed E-state index contributed by atoms with van der Waals surface area (Å²) in [5.74, 6) is 2.25. The third-order valence-electron chi connectivity index (χ3n) is 6.82. The minimum absolute atomic E-state index is 0.0619. The molecule has 0 aliphatic heterocycles. The third-order valence-corrected chi connectivity index (χ3v) is 6.82. The summed E-state index contributed by atoms with van der Waals surface area (Å²) in [6.07, 6.45) is 17.2. The van der Waals surface area contributed by atoms with E-state index in [1.807, 2.05) is 0 Å². The Kier molecular flexibility index (Phi) is 10.7. The van der Waals surface area contributed by atoms with Gasteiger partial charge in [-0.15, -0.1) is 0 Å². The highest BCUT2D eigenvalue weighted by atomic mass is 16.5. The molecule has 0 saturated heterocycles. The lowest BCUT2D eigenvalue weighted by Gasteiger charge is -2.37. The molecule has 0 atom stereocenters. The van der Waals surface area contributed by atoms with Gasteiger partial charge in [-0.05, 0) is 56.3 Å². The van der Waals surface area contributed by atoms with E-state index in [0.29, 0.717) is 13.0 Å². The first-order chi connectivity index (χ1) is 13.6. The van der Waals surface area contributed by atoms with E-state index in [1.54, 1.807) is 0 Å². The van der Waals surface area contributed by atoms with Crippen LogP contribution in [0.3, 0.4) is 0 Å². The quantitative estimate of drug-likeness (QED) is 0.252. The van der Waals surface area contributed by atoms with Crippen LogP contribution in [0.5, 0.6) is 0 Å². The van der Waals surface area contributed by atoms with Crippen LogP contribution in [0.2, 0.25) is 0 Å². The van der Waals surface area contributed by atoms with Crippen LogP contribution < -0.4 is 0 Å². The van der Waals surface area contributed by atoms with Gasteiger partial charge in [0.25, 0.3) is 0 Å². The molecule has 0 amide bonds. The van der Waals surface area contributed by atoms with E-state index >= 15 is 0 Å². The Morgan fingerprint density at radius 2 is 1.46 bits per heavy atom. The average molecular weight is 393 g/mol. The molecule has 160 valence electrons. The van der Waals surface area contributed by atoms with E-state index in [-0.39, 0.29) is 18.5 Å². The number of carbonyl (C=O) groups excluding carboxylic acids is 2. The van der Waals surface area contributed by atoms with Gasteiger partial charge in [0.2, 0.25) is 0 Å². The molecule has 2 saturated carbocycles. The predicted molar refractivity (Wildman–Crippen MR) is 112 cm³/mol. The molecular formula is C24H40O4. The number of hydrogen-bond acceptors (Lipinski definition) is 4. The Balaban J connectivity index is 1.56. The second kappa shape index (κ2) is 13.0. The van der Waals surface area contributed by atoms with Gasteiger partial charge in [0.05, 0.1) is 19.1 Å². The molecule has 0 N–H and O–H groups in total. The van der Waals surface area contributed by atoms with Crippen LogP contribution in [0.15, 0.2) is 12.7 Å². The monoisotopic (exact) mass is 392 g/mol. The summed E-state index contributed by atoms with van der Waals surface area (Å²) >= 11 is 0. The Labute approximate surface area is 171 Å². The van der Waals surface area contributed by atoms with Crippen molar-refractivity contribution in [1.29, 1.82) is 0 Å². The van der Waals surface area contributed by atoms with Gasteiger partial charge in [0.1, 0.15) is 0 Å². The Morgan fingerprint density at radius 3 is 2.07 bits per heavy atom. The SMILES string of the molecule is C=CC(=O)OCCCOC(=O)C1CCC(C2CCC(CCCCC)CC2)CC1. The zero-order valence-corrected chi connectivity index (χ0v) is 17.8. The van der Waals surface area contributed by atoms with Crippen molar-refractivity contribution in [3.63, 3.8) is 0 Å². The fourth-order valence-electron chi connectivity index (χ4n) is 5.04. The number of esters is 2. The van der Waals surface area contributed by atoms with Gasteiger partial charge in [-0.3, -0.25) is 4.79 Å². The zero-order valence-electron chi connectivity index (χ0n) is 17.8. The van der Waals surface area contributed by atoms with Crippen LogP contribution in [0, 0.1) is 23.7 Å². The molecule has 0 aromatic carbocycles. The van der Waals surface area contributed by atoms with Crippen molar-refractivity contribution in [3.8, 4) is 0 Å². The van der Waals surface area contributed by atoms with Gasteiger partial charge in [0, 0.05) is 12.5 Å². The number of rotatable bonds is 11. The van der Waals surface area contributed by atoms with Crippen LogP contribution >= 0.6 is 0 Å². The zero-order chi connectivity index (χ0) is 20.2. The summed E-state index contributed by atoms with van der Waals surface area (Å²) in [5, 5.41) is 0. The number of hydrogen-bond donors (Lipinski definition) is 0. The molecule has 0 aromatic rings. The van der Waals surface area contributed by atoms with Gasteiger partial charge in [-0.25, -0.2) is 4.79 Å². The summed E-state index contributed by atoms with van der Waals surface area (Å²) in [6, 6.07) is 0. The molecule has 2 fully saturated rings. The first-order valence-electron chi connectivity index (χ1n) is 11.6. The minimum Gasteiger partial charge on any atom is -0.465 e. The molecule has 28 heavy (non-hydrogen) atoms.